The Morgan fingerprint density at radius 1 is 0.276 bits per heavy atom. The molecule has 0 radical (unpaired) electrons. The number of anilines is 3. The van der Waals surface area contributed by atoms with Gasteiger partial charge in [-0.25, -0.2) is 0 Å². The Kier molecular flexibility index (Phi) is 11.4. The molecule has 0 heterocycles. The molecule has 10 aromatic rings. The number of hydrogen-bond acceptors (Lipinski definition) is 1. The molecule has 0 aromatic heterocycles. The van der Waals surface area contributed by atoms with Gasteiger partial charge in [-0.1, -0.05) is 271 Å². The van der Waals surface area contributed by atoms with Crippen molar-refractivity contribution in [3.63, 3.8) is 0 Å². The quantitative estimate of drug-likeness (QED) is 0.160. The van der Waals surface area contributed by atoms with Gasteiger partial charge in [-0.3, -0.25) is 0 Å². The summed E-state index contributed by atoms with van der Waals surface area (Å²) in [6, 6.07) is 81.5. The van der Waals surface area contributed by atoms with E-state index in [1.54, 1.807) is 0 Å². The predicted octanol–water partition coefficient (Wildman–Crippen LogP) is 20.8. The molecule has 2 aliphatic rings. The maximum atomic E-state index is 2.57. The zero-order valence-electron chi connectivity index (χ0n) is 46.7. The number of benzene rings is 10. The van der Waals surface area contributed by atoms with Crippen molar-refractivity contribution < 1.29 is 0 Å². The minimum absolute atomic E-state index is 0.0229. The van der Waals surface area contributed by atoms with Crippen LogP contribution in [0.15, 0.2) is 212 Å². The van der Waals surface area contributed by atoms with Gasteiger partial charge in [-0.2, -0.15) is 0 Å². The molecule has 0 saturated carbocycles. The third-order valence-corrected chi connectivity index (χ3v) is 16.7. The Hall–Kier alpha value is -7.74. The number of fused-ring (bicyclic) bond motifs is 11. The first kappa shape index (κ1) is 49.2. The first-order valence-electron chi connectivity index (χ1n) is 27.5. The molecule has 0 fully saturated rings. The highest BCUT2D eigenvalue weighted by Gasteiger charge is 2.52. The van der Waals surface area contributed by atoms with E-state index in [0.717, 1.165) is 17.1 Å². The van der Waals surface area contributed by atoms with E-state index in [0.29, 0.717) is 0 Å². The molecular formula is C75H71N. The first-order chi connectivity index (χ1) is 36.2. The molecule has 0 bridgehead atoms. The average Bonchev–Trinajstić information content (AvgIpc) is 4.09. The highest BCUT2D eigenvalue weighted by molar-refractivity contribution is 6.09. The van der Waals surface area contributed by atoms with E-state index in [1.807, 2.05) is 0 Å². The average molecular weight is 986 g/mol. The molecule has 1 heteroatoms. The largest absolute Gasteiger partial charge is 0.309 e. The van der Waals surface area contributed by atoms with Crippen molar-refractivity contribution in [2.24, 2.45) is 0 Å². The summed E-state index contributed by atoms with van der Waals surface area (Å²) in [6.45, 7) is 28.1. The SMILES string of the molecule is CC(C)(C)c1cc(-c2cccc3cccc(-c4ccccc4N(c4ccc5c(c4)C4(c6ccccc6-5)c5cc(C(C)(C)C)ccc5-c5ccc(C(C)(C)C)cc54)c4ccccc4-c4ccccc4)c23)cc(C(C)(C)C)c1. The van der Waals surface area contributed by atoms with Gasteiger partial charge in [0.1, 0.15) is 0 Å². The van der Waals surface area contributed by atoms with E-state index in [4.69, 9.17) is 0 Å². The Bertz CT molecular complexity index is 3810. The molecule has 2 aliphatic carbocycles. The third-order valence-electron chi connectivity index (χ3n) is 16.7. The Morgan fingerprint density at radius 3 is 1.28 bits per heavy atom. The second kappa shape index (κ2) is 17.7. The molecule has 0 unspecified atom stereocenters. The van der Waals surface area contributed by atoms with Gasteiger partial charge in [-0.05, 0) is 146 Å². The lowest BCUT2D eigenvalue weighted by Gasteiger charge is -2.34. The Labute approximate surface area is 453 Å². The van der Waals surface area contributed by atoms with Crippen molar-refractivity contribution in [3.05, 3.63) is 257 Å². The molecule has 1 spiro atoms. The summed E-state index contributed by atoms with van der Waals surface area (Å²) < 4.78 is 0. The molecule has 376 valence electrons. The summed E-state index contributed by atoms with van der Waals surface area (Å²) in [7, 11) is 0. The van der Waals surface area contributed by atoms with Crippen LogP contribution in [-0.2, 0) is 27.1 Å². The van der Waals surface area contributed by atoms with Gasteiger partial charge in [-0.15, -0.1) is 0 Å². The molecule has 0 amide bonds. The van der Waals surface area contributed by atoms with Gasteiger partial charge in [0.15, 0.2) is 0 Å². The van der Waals surface area contributed by atoms with Crippen LogP contribution in [0, 0.1) is 0 Å². The van der Waals surface area contributed by atoms with Crippen molar-refractivity contribution in [1.29, 1.82) is 0 Å². The van der Waals surface area contributed by atoms with E-state index in [2.05, 4.69) is 300 Å². The highest BCUT2D eigenvalue weighted by atomic mass is 15.1. The zero-order valence-corrected chi connectivity index (χ0v) is 46.7. The van der Waals surface area contributed by atoms with Crippen LogP contribution in [-0.4, -0.2) is 0 Å². The van der Waals surface area contributed by atoms with Crippen molar-refractivity contribution in [1.82, 2.24) is 0 Å². The summed E-state index contributed by atoms with van der Waals surface area (Å²) >= 11 is 0. The van der Waals surface area contributed by atoms with Crippen LogP contribution in [0.25, 0.3) is 66.4 Å². The molecule has 0 N–H and O–H groups in total. The van der Waals surface area contributed by atoms with Crippen LogP contribution in [0.4, 0.5) is 17.1 Å². The summed E-state index contributed by atoms with van der Waals surface area (Å²) in [5.74, 6) is 0. The second-order valence-corrected chi connectivity index (χ2v) is 25.8. The van der Waals surface area contributed by atoms with Crippen LogP contribution < -0.4 is 4.90 Å². The maximum Gasteiger partial charge on any atom is 0.0726 e. The van der Waals surface area contributed by atoms with Gasteiger partial charge < -0.3 is 4.90 Å². The number of hydrogen-bond donors (Lipinski definition) is 0. The van der Waals surface area contributed by atoms with Crippen LogP contribution in [0.5, 0.6) is 0 Å². The predicted molar refractivity (Wildman–Crippen MR) is 326 cm³/mol. The van der Waals surface area contributed by atoms with Gasteiger partial charge in [0.25, 0.3) is 0 Å². The fourth-order valence-corrected chi connectivity index (χ4v) is 12.5. The van der Waals surface area contributed by atoms with Gasteiger partial charge >= 0.3 is 0 Å². The molecule has 1 nitrogen and oxygen atoms in total. The molecule has 0 aliphatic heterocycles. The van der Waals surface area contributed by atoms with E-state index < -0.39 is 5.41 Å². The van der Waals surface area contributed by atoms with Crippen molar-refractivity contribution in [3.8, 4) is 55.6 Å². The number of nitrogens with zero attached hydrogens (tertiary/aromatic N) is 1. The van der Waals surface area contributed by atoms with Gasteiger partial charge in [0, 0.05) is 16.8 Å². The summed E-state index contributed by atoms with van der Waals surface area (Å²) in [4.78, 5) is 2.57. The highest BCUT2D eigenvalue weighted by Crippen LogP contribution is 2.64. The molecule has 0 atom stereocenters. The minimum atomic E-state index is -0.558. The lowest BCUT2D eigenvalue weighted by atomic mass is 9.68. The Morgan fingerprint density at radius 2 is 0.711 bits per heavy atom. The van der Waals surface area contributed by atoms with Gasteiger partial charge in [0.05, 0.1) is 16.8 Å². The van der Waals surface area contributed by atoms with E-state index in [1.165, 1.54) is 111 Å². The Balaban J connectivity index is 1.16. The van der Waals surface area contributed by atoms with Crippen LogP contribution in [0.3, 0.4) is 0 Å². The van der Waals surface area contributed by atoms with E-state index in [-0.39, 0.29) is 21.7 Å². The van der Waals surface area contributed by atoms with Crippen molar-refractivity contribution in [2.75, 3.05) is 4.90 Å². The molecular weight excluding hydrogens is 915 g/mol. The molecule has 10 aromatic carbocycles. The minimum Gasteiger partial charge on any atom is -0.309 e. The molecule has 0 saturated heterocycles. The zero-order chi connectivity index (χ0) is 53.1. The normalized spacial score (nSPS) is 13.6. The van der Waals surface area contributed by atoms with Crippen LogP contribution in [0.1, 0.15) is 128 Å². The number of para-hydroxylation sites is 2. The van der Waals surface area contributed by atoms with E-state index in [9.17, 15) is 0 Å². The lowest BCUT2D eigenvalue weighted by molar-refractivity contribution is 0.569. The topological polar surface area (TPSA) is 3.24 Å². The standard InChI is InChI=1S/C75H71N/c1-71(2,3)51-36-39-59-60-40-37-52(72(4,5)6)46-66(60)75(65(59)45-51)64-33-19-16-29-58(64)61-41-38-55(47-67(61)75)76(68-34-20-17-28-56(68)48-24-14-13-15-25-48)69-35-21-18-30-62(69)63-32-23-27-49-26-22-31-57(70(49)63)50-42-53(73(7,8)9)44-54(43-50)74(10,11)12/h13-47H,1-12H3. The molecule has 76 heavy (non-hydrogen) atoms. The van der Waals surface area contributed by atoms with Crippen LogP contribution in [0.2, 0.25) is 0 Å². The second-order valence-electron chi connectivity index (χ2n) is 25.8. The van der Waals surface area contributed by atoms with Crippen molar-refractivity contribution in [2.45, 2.75) is 110 Å². The lowest BCUT2D eigenvalue weighted by Crippen LogP contribution is -2.27. The van der Waals surface area contributed by atoms with Crippen LogP contribution >= 0.6 is 0 Å². The smallest absolute Gasteiger partial charge is 0.0726 e. The fraction of sp³-hybridized carbons (Fsp3) is 0.227. The summed E-state index contributed by atoms with van der Waals surface area (Å²) in [6.07, 6.45) is 0. The summed E-state index contributed by atoms with van der Waals surface area (Å²) in [5, 5.41) is 2.48. The van der Waals surface area contributed by atoms with E-state index >= 15 is 0 Å². The number of rotatable bonds is 6. The fourth-order valence-electron chi connectivity index (χ4n) is 12.5. The maximum absolute atomic E-state index is 2.57. The van der Waals surface area contributed by atoms with Crippen molar-refractivity contribution >= 4 is 27.8 Å². The third kappa shape index (κ3) is 7.96. The summed E-state index contributed by atoms with van der Waals surface area (Å²) in [5.41, 5.74) is 25.9. The molecule has 12 rings (SSSR count). The first-order valence-corrected chi connectivity index (χ1v) is 27.5. The van der Waals surface area contributed by atoms with Gasteiger partial charge in [0.2, 0.25) is 0 Å². The monoisotopic (exact) mass is 986 g/mol.